The Hall–Kier alpha value is -3.43. The summed E-state index contributed by atoms with van der Waals surface area (Å²) in [5.41, 5.74) is 0.0467. The molecular weight excluding hydrogens is 536 g/mol. The lowest BCUT2D eigenvalue weighted by molar-refractivity contribution is -0.132. The number of benzene rings is 3. The standard InChI is InChI=1S/C24H15BrClF2NO5/c1-34-19-7-3-12(8-14(19)25)22(31)20-21(11-2-6-18(30)15(26)9-11)29(24(33)23(20)32)13-4-5-16(27)17(28)10-13/h2-10,21,30-31H,1H3/b22-20+. The van der Waals surface area contributed by atoms with Crippen LogP contribution in [0.5, 0.6) is 11.5 Å². The van der Waals surface area contributed by atoms with Gasteiger partial charge < -0.3 is 14.9 Å². The third kappa shape index (κ3) is 4.01. The summed E-state index contributed by atoms with van der Waals surface area (Å²) in [6, 6.07) is 10.0. The number of carbonyl (C=O) groups is 2. The van der Waals surface area contributed by atoms with Gasteiger partial charge in [0.2, 0.25) is 0 Å². The van der Waals surface area contributed by atoms with Gasteiger partial charge in [-0.15, -0.1) is 0 Å². The van der Waals surface area contributed by atoms with Crippen molar-refractivity contribution in [3.05, 3.63) is 92.4 Å². The van der Waals surface area contributed by atoms with E-state index < -0.39 is 35.1 Å². The van der Waals surface area contributed by atoms with Crippen LogP contribution < -0.4 is 9.64 Å². The normalized spacial score (nSPS) is 17.3. The lowest BCUT2D eigenvalue weighted by atomic mass is 9.95. The Balaban J connectivity index is 1.97. The van der Waals surface area contributed by atoms with Crippen molar-refractivity contribution in [1.29, 1.82) is 0 Å². The SMILES string of the molecule is COc1ccc(/C(O)=C2\C(=O)C(=O)N(c3ccc(F)c(F)c3)C2c2ccc(O)c(Cl)c2)cc1Br. The van der Waals surface area contributed by atoms with Crippen LogP contribution in [0.4, 0.5) is 14.5 Å². The van der Waals surface area contributed by atoms with E-state index >= 15 is 0 Å². The Labute approximate surface area is 205 Å². The number of aromatic hydroxyl groups is 1. The first kappa shape index (κ1) is 23.7. The van der Waals surface area contributed by atoms with Crippen LogP contribution in [-0.2, 0) is 9.59 Å². The number of hydrogen-bond donors (Lipinski definition) is 2. The molecule has 1 atom stereocenters. The highest BCUT2D eigenvalue weighted by Gasteiger charge is 2.47. The first-order valence-electron chi connectivity index (χ1n) is 9.72. The molecule has 10 heteroatoms. The van der Waals surface area contributed by atoms with Gasteiger partial charge in [0.15, 0.2) is 11.6 Å². The summed E-state index contributed by atoms with van der Waals surface area (Å²) < 4.78 is 33.2. The summed E-state index contributed by atoms with van der Waals surface area (Å²) >= 11 is 9.37. The average Bonchev–Trinajstić information content (AvgIpc) is 3.07. The van der Waals surface area contributed by atoms with Crippen LogP contribution in [0.3, 0.4) is 0 Å². The largest absolute Gasteiger partial charge is 0.507 e. The fourth-order valence-electron chi connectivity index (χ4n) is 3.71. The molecule has 1 saturated heterocycles. The van der Waals surface area contributed by atoms with Gasteiger partial charge in [-0.1, -0.05) is 17.7 Å². The third-order valence-corrected chi connectivity index (χ3v) is 6.26. The molecule has 1 heterocycles. The number of methoxy groups -OCH3 is 1. The zero-order valence-corrected chi connectivity index (χ0v) is 19.7. The van der Waals surface area contributed by atoms with Crippen LogP contribution in [0, 0.1) is 11.6 Å². The average molecular weight is 551 g/mol. The van der Waals surface area contributed by atoms with E-state index in [0.29, 0.717) is 10.2 Å². The lowest BCUT2D eigenvalue weighted by Gasteiger charge is -2.25. The molecule has 4 rings (SSSR count). The number of rotatable bonds is 4. The van der Waals surface area contributed by atoms with Crippen molar-refractivity contribution in [2.24, 2.45) is 0 Å². The monoisotopic (exact) mass is 549 g/mol. The number of phenols is 1. The minimum atomic E-state index is -1.25. The molecule has 34 heavy (non-hydrogen) atoms. The van der Waals surface area contributed by atoms with Crippen molar-refractivity contribution in [2.75, 3.05) is 12.0 Å². The van der Waals surface area contributed by atoms with Crippen molar-refractivity contribution in [3.63, 3.8) is 0 Å². The number of ether oxygens (including phenoxy) is 1. The first-order valence-corrected chi connectivity index (χ1v) is 10.9. The molecule has 1 aliphatic heterocycles. The number of nitrogens with zero attached hydrogens (tertiary/aromatic N) is 1. The second-order valence-corrected chi connectivity index (χ2v) is 8.59. The fraction of sp³-hybridized carbons (Fsp3) is 0.0833. The van der Waals surface area contributed by atoms with Gasteiger partial charge in [-0.25, -0.2) is 8.78 Å². The van der Waals surface area contributed by atoms with Gasteiger partial charge in [-0.05, 0) is 64.0 Å². The number of Topliss-reactive ketones (excluding diaryl/α,β-unsaturated/α-hetero) is 1. The van der Waals surface area contributed by atoms with E-state index in [1.165, 1.54) is 37.4 Å². The highest BCUT2D eigenvalue weighted by molar-refractivity contribution is 9.10. The van der Waals surface area contributed by atoms with Gasteiger partial charge in [-0.3, -0.25) is 14.5 Å². The maximum atomic E-state index is 14.0. The van der Waals surface area contributed by atoms with Crippen LogP contribution in [-0.4, -0.2) is 29.0 Å². The number of anilines is 1. The van der Waals surface area contributed by atoms with E-state index in [1.807, 2.05) is 0 Å². The number of aliphatic hydroxyl groups is 1. The molecule has 6 nitrogen and oxygen atoms in total. The molecule has 3 aromatic carbocycles. The van der Waals surface area contributed by atoms with E-state index in [9.17, 15) is 28.6 Å². The number of halogens is 4. The predicted octanol–water partition coefficient (Wildman–Crippen LogP) is 5.72. The van der Waals surface area contributed by atoms with Crippen LogP contribution in [0.2, 0.25) is 5.02 Å². The van der Waals surface area contributed by atoms with Gasteiger partial charge in [0, 0.05) is 17.3 Å². The van der Waals surface area contributed by atoms with E-state index in [2.05, 4.69) is 15.9 Å². The zero-order chi connectivity index (χ0) is 24.7. The molecule has 174 valence electrons. The lowest BCUT2D eigenvalue weighted by Crippen LogP contribution is -2.29. The third-order valence-electron chi connectivity index (χ3n) is 5.34. The molecule has 0 saturated carbocycles. The Kier molecular flexibility index (Phi) is 6.33. The topological polar surface area (TPSA) is 87.1 Å². The summed E-state index contributed by atoms with van der Waals surface area (Å²) in [5.74, 6) is -4.72. The number of phenolic OH excluding ortho intramolecular Hbond substituents is 1. The number of aliphatic hydroxyl groups excluding tert-OH is 1. The van der Waals surface area contributed by atoms with E-state index in [4.69, 9.17) is 16.3 Å². The molecule has 0 spiro atoms. The zero-order valence-electron chi connectivity index (χ0n) is 17.4. The second kappa shape index (κ2) is 9.08. The highest BCUT2D eigenvalue weighted by Crippen LogP contribution is 2.44. The summed E-state index contributed by atoms with van der Waals surface area (Å²) in [7, 11) is 1.46. The molecule has 1 amide bonds. The molecule has 3 aromatic rings. The Morgan fingerprint density at radius 1 is 1.06 bits per heavy atom. The summed E-state index contributed by atoms with van der Waals surface area (Å²) in [4.78, 5) is 27.1. The molecule has 0 radical (unpaired) electrons. The van der Waals surface area contributed by atoms with Crippen molar-refractivity contribution < 1.29 is 33.3 Å². The highest BCUT2D eigenvalue weighted by atomic mass is 79.9. The summed E-state index contributed by atoms with van der Waals surface area (Å²) in [5, 5.41) is 20.9. The Morgan fingerprint density at radius 3 is 2.41 bits per heavy atom. The van der Waals surface area contributed by atoms with Gasteiger partial charge in [0.25, 0.3) is 11.7 Å². The molecule has 0 aromatic heterocycles. The first-order chi connectivity index (χ1) is 16.1. The Bertz CT molecular complexity index is 1380. The van der Waals surface area contributed by atoms with Gasteiger partial charge in [0.1, 0.15) is 17.3 Å². The van der Waals surface area contributed by atoms with Gasteiger partial charge in [0.05, 0.1) is 28.2 Å². The molecule has 1 aliphatic rings. The molecule has 0 aliphatic carbocycles. The van der Waals surface area contributed by atoms with Crippen molar-refractivity contribution in [3.8, 4) is 11.5 Å². The maximum Gasteiger partial charge on any atom is 0.300 e. The van der Waals surface area contributed by atoms with Gasteiger partial charge >= 0.3 is 0 Å². The summed E-state index contributed by atoms with van der Waals surface area (Å²) in [6.45, 7) is 0. The summed E-state index contributed by atoms with van der Waals surface area (Å²) in [6.07, 6.45) is 0. The predicted molar refractivity (Wildman–Crippen MR) is 125 cm³/mol. The van der Waals surface area contributed by atoms with Crippen molar-refractivity contribution in [2.45, 2.75) is 6.04 Å². The van der Waals surface area contributed by atoms with Crippen LogP contribution >= 0.6 is 27.5 Å². The van der Waals surface area contributed by atoms with Gasteiger partial charge in [-0.2, -0.15) is 0 Å². The van der Waals surface area contributed by atoms with E-state index in [1.54, 1.807) is 6.07 Å². The molecule has 2 N–H and O–H groups in total. The minimum Gasteiger partial charge on any atom is -0.507 e. The van der Waals surface area contributed by atoms with Crippen molar-refractivity contribution >= 4 is 50.7 Å². The quantitative estimate of drug-likeness (QED) is 0.246. The minimum absolute atomic E-state index is 0.0689. The van der Waals surface area contributed by atoms with Crippen LogP contribution in [0.1, 0.15) is 17.2 Å². The van der Waals surface area contributed by atoms with Crippen molar-refractivity contribution in [1.82, 2.24) is 0 Å². The maximum absolute atomic E-state index is 14.0. The van der Waals surface area contributed by atoms with Crippen LogP contribution in [0.15, 0.2) is 64.6 Å². The molecule has 0 bridgehead atoms. The number of ketones is 1. The second-order valence-electron chi connectivity index (χ2n) is 7.33. The van der Waals surface area contributed by atoms with Crippen LogP contribution in [0.25, 0.3) is 5.76 Å². The smallest absolute Gasteiger partial charge is 0.300 e. The molecule has 1 unspecified atom stereocenters. The van der Waals surface area contributed by atoms with E-state index in [-0.39, 0.29) is 33.2 Å². The number of carbonyl (C=O) groups excluding carboxylic acids is 2. The fourth-order valence-corrected chi connectivity index (χ4v) is 4.44. The number of hydrogen-bond acceptors (Lipinski definition) is 5. The number of amides is 1. The molecular formula is C24H15BrClF2NO5. The Morgan fingerprint density at radius 2 is 1.79 bits per heavy atom. The molecule has 1 fully saturated rings. The van der Waals surface area contributed by atoms with E-state index in [0.717, 1.165) is 23.1 Å².